The fourth-order valence-corrected chi connectivity index (χ4v) is 3.67. The lowest BCUT2D eigenvalue weighted by molar-refractivity contribution is 0.0111. The smallest absolute Gasteiger partial charge is 0.227 e. The Hall–Kier alpha value is -2.81. The molecule has 0 saturated carbocycles. The van der Waals surface area contributed by atoms with Crippen molar-refractivity contribution in [2.75, 3.05) is 19.8 Å². The Morgan fingerprint density at radius 3 is 2.50 bits per heavy atom. The highest BCUT2D eigenvalue weighted by Crippen LogP contribution is 2.33. The van der Waals surface area contributed by atoms with Crippen LogP contribution in [-0.4, -0.2) is 51.7 Å². The topological polar surface area (TPSA) is 59.8 Å². The number of aliphatic hydroxyl groups is 1. The monoisotopic (exact) mass is 473 g/mol. The summed E-state index contributed by atoms with van der Waals surface area (Å²) in [6, 6.07) is 12.8. The van der Waals surface area contributed by atoms with Crippen molar-refractivity contribution in [3.05, 3.63) is 71.4 Å². The summed E-state index contributed by atoms with van der Waals surface area (Å²) in [6.07, 6.45) is 0.216. The Balaban J connectivity index is 2.01. The summed E-state index contributed by atoms with van der Waals surface area (Å²) in [5.74, 6) is -1.22. The summed E-state index contributed by atoms with van der Waals surface area (Å²) < 4.78 is 41.0. The van der Waals surface area contributed by atoms with Gasteiger partial charge in [0, 0.05) is 31.8 Å². The van der Waals surface area contributed by atoms with Crippen LogP contribution < -0.4 is 4.74 Å². The van der Waals surface area contributed by atoms with E-state index < -0.39 is 17.7 Å². The number of benzene rings is 2. The fraction of sp³-hybridized carbons (Fsp3) is 0.423. The maximum atomic E-state index is 14.5. The zero-order valence-electron chi connectivity index (χ0n) is 20.2. The van der Waals surface area contributed by atoms with E-state index in [-0.39, 0.29) is 18.4 Å². The molecular formula is C26H33F2N3O3. The van der Waals surface area contributed by atoms with E-state index in [4.69, 9.17) is 9.47 Å². The van der Waals surface area contributed by atoms with Gasteiger partial charge in [0.2, 0.25) is 5.88 Å². The van der Waals surface area contributed by atoms with E-state index in [0.717, 1.165) is 29.8 Å². The number of halogens is 2. The molecule has 1 aromatic heterocycles. The SMILES string of the molecule is CCOC[C@@H](O)CN(Cc1c(C)nn(-c2ccccc2)c1Oc1ccc(F)cc1F)[C@@H](C)CC. The number of hydrogen-bond acceptors (Lipinski definition) is 5. The van der Waals surface area contributed by atoms with Gasteiger partial charge < -0.3 is 14.6 Å². The van der Waals surface area contributed by atoms with Crippen LogP contribution in [0.1, 0.15) is 38.4 Å². The van der Waals surface area contributed by atoms with E-state index in [0.29, 0.717) is 31.3 Å². The minimum absolute atomic E-state index is 0.0915. The molecule has 8 heteroatoms. The molecule has 1 N–H and O–H groups in total. The number of aromatic nitrogens is 2. The molecule has 0 aliphatic carbocycles. The molecule has 0 fully saturated rings. The van der Waals surface area contributed by atoms with Crippen LogP contribution in [0.15, 0.2) is 48.5 Å². The van der Waals surface area contributed by atoms with Crippen molar-refractivity contribution in [1.29, 1.82) is 0 Å². The molecule has 0 bridgehead atoms. The lowest BCUT2D eigenvalue weighted by atomic mass is 10.1. The number of aryl methyl sites for hydroxylation is 1. The highest BCUT2D eigenvalue weighted by Gasteiger charge is 2.25. The van der Waals surface area contributed by atoms with Gasteiger partial charge in [-0.25, -0.2) is 13.5 Å². The second-order valence-electron chi connectivity index (χ2n) is 8.29. The lowest BCUT2D eigenvalue weighted by Gasteiger charge is -2.30. The minimum atomic E-state index is -0.796. The molecule has 2 aromatic carbocycles. The van der Waals surface area contributed by atoms with E-state index in [1.807, 2.05) is 44.2 Å². The zero-order valence-corrected chi connectivity index (χ0v) is 20.2. The van der Waals surface area contributed by atoms with Crippen molar-refractivity contribution >= 4 is 0 Å². The Morgan fingerprint density at radius 2 is 1.85 bits per heavy atom. The molecule has 0 amide bonds. The van der Waals surface area contributed by atoms with Gasteiger partial charge in [0.15, 0.2) is 11.6 Å². The van der Waals surface area contributed by atoms with Crippen LogP contribution in [0.3, 0.4) is 0 Å². The van der Waals surface area contributed by atoms with Gasteiger partial charge in [-0.05, 0) is 51.5 Å². The number of para-hydroxylation sites is 1. The summed E-state index contributed by atoms with van der Waals surface area (Å²) in [5.41, 5.74) is 2.23. The van der Waals surface area contributed by atoms with Crippen molar-refractivity contribution in [1.82, 2.24) is 14.7 Å². The maximum Gasteiger partial charge on any atom is 0.227 e. The van der Waals surface area contributed by atoms with Gasteiger partial charge in [-0.15, -0.1) is 0 Å². The van der Waals surface area contributed by atoms with E-state index in [2.05, 4.69) is 23.8 Å². The van der Waals surface area contributed by atoms with E-state index in [1.54, 1.807) is 4.68 Å². The predicted molar refractivity (Wildman–Crippen MR) is 127 cm³/mol. The number of hydrogen-bond donors (Lipinski definition) is 1. The Kier molecular flexibility index (Phi) is 9.15. The molecule has 0 spiro atoms. The first-order valence-electron chi connectivity index (χ1n) is 11.6. The van der Waals surface area contributed by atoms with Crippen LogP contribution in [0.5, 0.6) is 11.6 Å². The third kappa shape index (κ3) is 6.40. The second-order valence-corrected chi connectivity index (χ2v) is 8.29. The Bertz CT molecular complexity index is 1060. The first-order valence-corrected chi connectivity index (χ1v) is 11.6. The van der Waals surface area contributed by atoms with Crippen LogP contribution in [0, 0.1) is 18.6 Å². The third-order valence-corrected chi connectivity index (χ3v) is 5.77. The quantitative estimate of drug-likeness (QED) is 0.389. The average molecular weight is 474 g/mol. The number of aliphatic hydroxyl groups excluding tert-OH is 1. The van der Waals surface area contributed by atoms with Crippen LogP contribution in [0.25, 0.3) is 5.69 Å². The van der Waals surface area contributed by atoms with Crippen molar-refractivity contribution < 1.29 is 23.4 Å². The number of ether oxygens (including phenoxy) is 2. The molecular weight excluding hydrogens is 440 g/mol. The summed E-state index contributed by atoms with van der Waals surface area (Å²) in [5, 5.41) is 15.2. The summed E-state index contributed by atoms with van der Waals surface area (Å²) in [7, 11) is 0. The maximum absolute atomic E-state index is 14.5. The fourth-order valence-electron chi connectivity index (χ4n) is 3.67. The molecule has 34 heavy (non-hydrogen) atoms. The van der Waals surface area contributed by atoms with Gasteiger partial charge in [-0.2, -0.15) is 5.10 Å². The van der Waals surface area contributed by atoms with Crippen molar-refractivity contribution in [3.8, 4) is 17.3 Å². The largest absolute Gasteiger partial charge is 0.435 e. The lowest BCUT2D eigenvalue weighted by Crippen LogP contribution is -2.40. The van der Waals surface area contributed by atoms with Gasteiger partial charge >= 0.3 is 0 Å². The van der Waals surface area contributed by atoms with Gasteiger partial charge in [-0.3, -0.25) is 4.90 Å². The van der Waals surface area contributed by atoms with E-state index in [1.165, 1.54) is 6.07 Å². The first kappa shape index (κ1) is 25.8. The van der Waals surface area contributed by atoms with E-state index >= 15 is 0 Å². The molecule has 184 valence electrons. The van der Waals surface area contributed by atoms with Crippen LogP contribution in [0.4, 0.5) is 8.78 Å². The zero-order chi connectivity index (χ0) is 24.7. The predicted octanol–water partition coefficient (Wildman–Crippen LogP) is 5.25. The summed E-state index contributed by atoms with van der Waals surface area (Å²) >= 11 is 0. The van der Waals surface area contributed by atoms with Crippen LogP contribution >= 0.6 is 0 Å². The van der Waals surface area contributed by atoms with Crippen molar-refractivity contribution in [3.63, 3.8) is 0 Å². The molecule has 2 atom stereocenters. The molecule has 1 heterocycles. The van der Waals surface area contributed by atoms with Crippen LogP contribution in [-0.2, 0) is 11.3 Å². The van der Waals surface area contributed by atoms with Gasteiger partial charge in [0.05, 0.1) is 29.7 Å². The minimum Gasteiger partial charge on any atom is -0.435 e. The van der Waals surface area contributed by atoms with Crippen molar-refractivity contribution in [2.45, 2.75) is 52.8 Å². The molecule has 0 aliphatic rings. The number of nitrogens with zero attached hydrogens (tertiary/aromatic N) is 3. The molecule has 6 nitrogen and oxygen atoms in total. The van der Waals surface area contributed by atoms with Gasteiger partial charge in [0.25, 0.3) is 0 Å². The summed E-state index contributed by atoms with van der Waals surface area (Å²) in [6.45, 7) is 9.53. The molecule has 0 saturated heterocycles. The normalized spacial score (nSPS) is 13.3. The van der Waals surface area contributed by atoms with E-state index in [9.17, 15) is 13.9 Å². The average Bonchev–Trinajstić information content (AvgIpc) is 3.13. The third-order valence-electron chi connectivity index (χ3n) is 5.77. The second kappa shape index (κ2) is 12.1. The molecule has 0 radical (unpaired) electrons. The Labute approximate surface area is 199 Å². The molecule has 0 aliphatic heterocycles. The highest BCUT2D eigenvalue weighted by molar-refractivity contribution is 5.43. The summed E-state index contributed by atoms with van der Waals surface area (Å²) in [4.78, 5) is 2.14. The molecule has 3 rings (SSSR count). The van der Waals surface area contributed by atoms with Crippen LogP contribution in [0.2, 0.25) is 0 Å². The van der Waals surface area contributed by atoms with Gasteiger partial charge in [0.1, 0.15) is 5.82 Å². The standard InChI is InChI=1S/C26H33F2N3O3/c1-5-18(3)30(15-22(32)17-33-6-2)16-23-19(4)29-31(21-10-8-7-9-11-21)26(23)34-25-13-12-20(27)14-24(25)28/h7-14,18,22,32H,5-6,15-17H2,1-4H3/t18-,22-/m0/s1. The highest BCUT2D eigenvalue weighted by atomic mass is 19.1. The molecule has 0 unspecified atom stereocenters. The van der Waals surface area contributed by atoms with Crippen molar-refractivity contribution in [2.24, 2.45) is 0 Å². The first-order chi connectivity index (χ1) is 16.3. The molecule has 3 aromatic rings. The Morgan fingerprint density at radius 1 is 1.12 bits per heavy atom. The number of rotatable bonds is 12. The van der Waals surface area contributed by atoms with Gasteiger partial charge in [-0.1, -0.05) is 25.1 Å².